The largest absolute Gasteiger partial charge is 0.490 e. The zero-order valence-electron chi connectivity index (χ0n) is 12.2. The van der Waals surface area contributed by atoms with Crippen molar-refractivity contribution in [2.24, 2.45) is 0 Å². The molecule has 1 heterocycles. The average Bonchev–Trinajstić information content (AvgIpc) is 2.70. The fourth-order valence-electron chi connectivity index (χ4n) is 1.11. The smallest absolute Gasteiger partial charge is 0.161 e. The van der Waals surface area contributed by atoms with Crippen LogP contribution in [0.15, 0.2) is 24.3 Å². The van der Waals surface area contributed by atoms with Crippen molar-refractivity contribution >= 4 is 0 Å². The Morgan fingerprint density at radius 1 is 0.706 bits per heavy atom. The maximum absolute atomic E-state index is 5.42. The van der Waals surface area contributed by atoms with Crippen LogP contribution < -0.4 is 9.47 Å². The van der Waals surface area contributed by atoms with Crippen LogP contribution in [0.25, 0.3) is 0 Å². The summed E-state index contributed by atoms with van der Waals surface area (Å²) in [6.45, 7) is 13.5. The number of hydrogen-bond acceptors (Lipinski definition) is 2. The monoisotopic (exact) mass is 240 g/mol. The molecule has 2 heteroatoms. The summed E-state index contributed by atoms with van der Waals surface area (Å²) in [6.07, 6.45) is 0.967. The molecule has 0 aliphatic carbocycles. The molecule has 0 atom stereocenters. The molecule has 2 nitrogen and oxygen atoms in total. The molecule has 1 aliphatic heterocycles. The lowest BCUT2D eigenvalue weighted by Gasteiger charge is -2.04. The summed E-state index contributed by atoms with van der Waals surface area (Å²) in [5.74, 6) is 1.73. The maximum atomic E-state index is 5.42. The highest BCUT2D eigenvalue weighted by atomic mass is 16.5. The van der Waals surface area contributed by atoms with E-state index in [0.29, 0.717) is 0 Å². The zero-order chi connectivity index (χ0) is 13.5. The molecule has 17 heavy (non-hydrogen) atoms. The summed E-state index contributed by atoms with van der Waals surface area (Å²) in [5.41, 5.74) is 0. The third kappa shape index (κ3) is 7.67. The first-order chi connectivity index (χ1) is 8.47. The van der Waals surface area contributed by atoms with Crippen LogP contribution in [0.4, 0.5) is 0 Å². The van der Waals surface area contributed by atoms with Gasteiger partial charge in [0.2, 0.25) is 0 Å². The minimum atomic E-state index is 0.761. The standard InChI is InChI=1S/C9H10O2.3C2H6/c1-2-5-9-8(4-1)10-6-3-7-11-9;3*1-2/h1-2,4-5H,3,6-7H2;3*1-2H3. The van der Waals surface area contributed by atoms with Gasteiger partial charge in [0, 0.05) is 6.42 Å². The topological polar surface area (TPSA) is 18.5 Å². The fourth-order valence-corrected chi connectivity index (χ4v) is 1.11. The van der Waals surface area contributed by atoms with E-state index in [4.69, 9.17) is 9.47 Å². The van der Waals surface area contributed by atoms with E-state index >= 15 is 0 Å². The molecule has 2 rings (SSSR count). The minimum Gasteiger partial charge on any atom is -0.490 e. The van der Waals surface area contributed by atoms with Crippen molar-refractivity contribution in [3.63, 3.8) is 0 Å². The number of para-hydroxylation sites is 2. The number of hydrogen-bond donors (Lipinski definition) is 0. The minimum absolute atomic E-state index is 0.761. The third-order valence-electron chi connectivity index (χ3n) is 1.65. The van der Waals surface area contributed by atoms with Gasteiger partial charge in [0.25, 0.3) is 0 Å². The van der Waals surface area contributed by atoms with Crippen molar-refractivity contribution in [1.29, 1.82) is 0 Å². The van der Waals surface area contributed by atoms with Crippen molar-refractivity contribution in [2.45, 2.75) is 48.0 Å². The summed E-state index contributed by atoms with van der Waals surface area (Å²) in [5, 5.41) is 0. The van der Waals surface area contributed by atoms with Crippen LogP contribution in [-0.2, 0) is 0 Å². The molecule has 1 aromatic carbocycles. The van der Waals surface area contributed by atoms with E-state index in [2.05, 4.69) is 0 Å². The molecule has 0 amide bonds. The zero-order valence-corrected chi connectivity index (χ0v) is 12.2. The van der Waals surface area contributed by atoms with Gasteiger partial charge in [-0.1, -0.05) is 53.7 Å². The molecule has 0 spiro atoms. The maximum Gasteiger partial charge on any atom is 0.161 e. The third-order valence-corrected chi connectivity index (χ3v) is 1.65. The molecule has 0 saturated carbocycles. The molecule has 1 aliphatic rings. The lowest BCUT2D eigenvalue weighted by molar-refractivity contribution is 0.297. The summed E-state index contributed by atoms with van der Waals surface area (Å²) < 4.78 is 10.8. The van der Waals surface area contributed by atoms with Crippen molar-refractivity contribution in [1.82, 2.24) is 0 Å². The Labute approximate surface area is 107 Å². The van der Waals surface area contributed by atoms with Gasteiger partial charge in [-0.3, -0.25) is 0 Å². The van der Waals surface area contributed by atoms with Crippen LogP contribution in [0.3, 0.4) is 0 Å². The lowest BCUT2D eigenvalue weighted by atomic mass is 10.3. The van der Waals surface area contributed by atoms with Gasteiger partial charge in [-0.15, -0.1) is 0 Å². The van der Waals surface area contributed by atoms with Gasteiger partial charge in [0.1, 0.15) is 0 Å². The summed E-state index contributed by atoms with van der Waals surface area (Å²) >= 11 is 0. The Morgan fingerprint density at radius 3 is 1.41 bits per heavy atom. The van der Waals surface area contributed by atoms with Gasteiger partial charge in [-0.2, -0.15) is 0 Å². The molecular formula is C15H28O2. The Bertz CT molecular complexity index is 221. The number of benzene rings is 1. The Balaban J connectivity index is 0. The van der Waals surface area contributed by atoms with Gasteiger partial charge in [-0.05, 0) is 12.1 Å². The fraction of sp³-hybridized carbons (Fsp3) is 0.600. The van der Waals surface area contributed by atoms with Crippen LogP contribution >= 0.6 is 0 Å². The van der Waals surface area contributed by atoms with Gasteiger partial charge in [0.15, 0.2) is 11.5 Å². The molecule has 0 fully saturated rings. The first-order valence-corrected chi connectivity index (χ1v) is 6.81. The predicted molar refractivity (Wildman–Crippen MR) is 76.1 cm³/mol. The molecule has 0 N–H and O–H groups in total. The SMILES string of the molecule is CC.CC.CC.c1ccc2c(c1)OCCCO2. The summed E-state index contributed by atoms with van der Waals surface area (Å²) in [4.78, 5) is 0. The van der Waals surface area contributed by atoms with Crippen molar-refractivity contribution in [3.8, 4) is 11.5 Å². The van der Waals surface area contributed by atoms with Crippen molar-refractivity contribution in [2.75, 3.05) is 13.2 Å². The van der Waals surface area contributed by atoms with Gasteiger partial charge in [0.05, 0.1) is 13.2 Å². The molecule has 0 aromatic heterocycles. The number of rotatable bonds is 0. The van der Waals surface area contributed by atoms with E-state index in [9.17, 15) is 0 Å². The van der Waals surface area contributed by atoms with Gasteiger partial charge >= 0.3 is 0 Å². The number of fused-ring (bicyclic) bond motifs is 1. The van der Waals surface area contributed by atoms with E-state index in [1.54, 1.807) is 0 Å². The average molecular weight is 240 g/mol. The highest BCUT2D eigenvalue weighted by Gasteiger charge is 2.06. The normalized spacial score (nSPS) is 11.2. The van der Waals surface area contributed by atoms with Crippen LogP contribution in [0.1, 0.15) is 48.0 Å². The highest BCUT2D eigenvalue weighted by Crippen LogP contribution is 2.27. The summed E-state index contributed by atoms with van der Waals surface area (Å²) in [6, 6.07) is 7.77. The highest BCUT2D eigenvalue weighted by molar-refractivity contribution is 5.39. The first kappa shape index (κ1) is 18.2. The summed E-state index contributed by atoms with van der Waals surface area (Å²) in [7, 11) is 0. The van der Waals surface area contributed by atoms with Gasteiger partial charge < -0.3 is 9.47 Å². The molecular weight excluding hydrogens is 212 g/mol. The molecule has 1 aromatic rings. The quantitative estimate of drug-likeness (QED) is 0.640. The Morgan fingerprint density at radius 2 is 1.06 bits per heavy atom. The Kier molecular flexibility index (Phi) is 15.9. The number of ether oxygens (including phenoxy) is 2. The van der Waals surface area contributed by atoms with Crippen molar-refractivity contribution in [3.05, 3.63) is 24.3 Å². The van der Waals surface area contributed by atoms with E-state index in [1.807, 2.05) is 65.8 Å². The predicted octanol–water partition coefficient (Wildman–Crippen LogP) is 4.93. The van der Waals surface area contributed by atoms with E-state index in [0.717, 1.165) is 31.1 Å². The van der Waals surface area contributed by atoms with Crippen LogP contribution in [-0.4, -0.2) is 13.2 Å². The van der Waals surface area contributed by atoms with E-state index < -0.39 is 0 Å². The molecule has 0 saturated heterocycles. The molecule has 100 valence electrons. The molecule has 0 bridgehead atoms. The van der Waals surface area contributed by atoms with Crippen molar-refractivity contribution < 1.29 is 9.47 Å². The van der Waals surface area contributed by atoms with E-state index in [-0.39, 0.29) is 0 Å². The molecule has 0 radical (unpaired) electrons. The second-order valence-corrected chi connectivity index (χ2v) is 2.50. The lowest BCUT2D eigenvalue weighted by Crippen LogP contribution is -1.97. The van der Waals surface area contributed by atoms with Crippen LogP contribution in [0.5, 0.6) is 11.5 Å². The van der Waals surface area contributed by atoms with E-state index in [1.165, 1.54) is 0 Å². The Hall–Kier alpha value is -1.18. The first-order valence-electron chi connectivity index (χ1n) is 6.81. The second-order valence-electron chi connectivity index (χ2n) is 2.50. The molecule has 0 unspecified atom stereocenters. The second kappa shape index (κ2) is 14.8. The van der Waals surface area contributed by atoms with Crippen LogP contribution in [0, 0.1) is 0 Å². The van der Waals surface area contributed by atoms with Gasteiger partial charge in [-0.25, -0.2) is 0 Å². The van der Waals surface area contributed by atoms with Crippen LogP contribution in [0.2, 0.25) is 0 Å².